The molecule has 226 valence electrons. The molecule has 2 N–H and O–H groups in total. The predicted molar refractivity (Wildman–Crippen MR) is 162 cm³/mol. The summed E-state index contributed by atoms with van der Waals surface area (Å²) in [6.45, 7) is 4.71. The van der Waals surface area contributed by atoms with Crippen LogP contribution in [-0.2, 0) is 0 Å². The number of fused-ring (bicyclic) bond motifs is 5. The minimum atomic E-state index is -0.896. The summed E-state index contributed by atoms with van der Waals surface area (Å²) in [6.07, 6.45) is 3.46. The van der Waals surface area contributed by atoms with Gasteiger partial charge >= 0.3 is 6.01 Å². The molecule has 11 heteroatoms. The Hall–Kier alpha value is -4.14. The highest BCUT2D eigenvalue weighted by Crippen LogP contribution is 2.42. The van der Waals surface area contributed by atoms with Crippen molar-refractivity contribution < 1.29 is 18.6 Å². The number of pyridine rings is 1. The van der Waals surface area contributed by atoms with Gasteiger partial charge in [0.2, 0.25) is 0 Å². The van der Waals surface area contributed by atoms with Crippen LogP contribution in [0.3, 0.4) is 0 Å². The molecule has 0 aliphatic carbocycles. The van der Waals surface area contributed by atoms with Crippen LogP contribution in [0.2, 0.25) is 0 Å². The van der Waals surface area contributed by atoms with Crippen LogP contribution in [0.4, 0.5) is 14.6 Å². The van der Waals surface area contributed by atoms with Crippen molar-refractivity contribution in [2.75, 3.05) is 37.7 Å². The van der Waals surface area contributed by atoms with E-state index in [0.29, 0.717) is 63.8 Å². The molecule has 6 heterocycles. The molecule has 4 aliphatic rings. The summed E-state index contributed by atoms with van der Waals surface area (Å²) in [6, 6.07) is 11.0. The molecule has 0 saturated carbocycles. The number of aromatic nitrogens is 3. The zero-order chi connectivity index (χ0) is 30.2. The Kier molecular flexibility index (Phi) is 6.36. The first-order valence-electron chi connectivity index (χ1n) is 15.4. The Bertz CT molecular complexity index is 1850. The van der Waals surface area contributed by atoms with Gasteiger partial charge in [-0.05, 0) is 62.7 Å². The van der Waals surface area contributed by atoms with Crippen molar-refractivity contribution in [3.63, 3.8) is 0 Å². The maximum absolute atomic E-state index is 16.9. The maximum Gasteiger partial charge on any atom is 0.319 e. The fraction of sp³-hybridized carbons (Fsp3) is 0.455. The second-order valence-corrected chi connectivity index (χ2v) is 12.8. The number of phenolic OH excluding ortho intramolecular Hbond substituents is 1. The van der Waals surface area contributed by atoms with Crippen LogP contribution in [0.25, 0.3) is 32.9 Å². The topological polar surface area (TPSA) is 110 Å². The minimum absolute atomic E-state index is 0.00814. The number of hydrogen-bond acceptors (Lipinski definition) is 9. The van der Waals surface area contributed by atoms with Crippen molar-refractivity contribution in [2.24, 2.45) is 0 Å². The maximum atomic E-state index is 16.9. The first-order chi connectivity index (χ1) is 21.3. The summed E-state index contributed by atoms with van der Waals surface area (Å²) in [7, 11) is 0. The van der Waals surface area contributed by atoms with Crippen molar-refractivity contribution in [2.45, 2.75) is 62.8 Å². The van der Waals surface area contributed by atoms with E-state index in [1.807, 2.05) is 0 Å². The third-order valence-electron chi connectivity index (χ3n) is 10.0. The second kappa shape index (κ2) is 10.2. The van der Waals surface area contributed by atoms with E-state index in [2.05, 4.69) is 26.2 Å². The molecule has 0 amide bonds. The minimum Gasteiger partial charge on any atom is -0.508 e. The van der Waals surface area contributed by atoms with Gasteiger partial charge in [-0.25, -0.2) is 13.8 Å². The summed E-state index contributed by atoms with van der Waals surface area (Å²) in [4.78, 5) is 18.6. The number of anilines is 1. The van der Waals surface area contributed by atoms with Crippen LogP contribution in [0.1, 0.15) is 43.4 Å². The molecule has 44 heavy (non-hydrogen) atoms. The van der Waals surface area contributed by atoms with E-state index in [1.54, 1.807) is 31.2 Å². The first-order valence-corrected chi connectivity index (χ1v) is 15.4. The average Bonchev–Trinajstić information content (AvgIpc) is 3.66. The van der Waals surface area contributed by atoms with E-state index in [1.165, 1.54) is 6.07 Å². The summed E-state index contributed by atoms with van der Waals surface area (Å²) in [5.41, 5.74) is 0.849. The van der Waals surface area contributed by atoms with E-state index < -0.39 is 17.5 Å². The number of aromatic hydroxyl groups is 1. The molecule has 4 atom stereocenters. The van der Waals surface area contributed by atoms with Gasteiger partial charge in [0.15, 0.2) is 5.82 Å². The zero-order valence-electron chi connectivity index (χ0n) is 24.5. The van der Waals surface area contributed by atoms with E-state index in [0.717, 1.165) is 45.3 Å². The predicted octanol–water partition coefficient (Wildman–Crippen LogP) is 4.77. The normalized spacial score (nSPS) is 26.4. The van der Waals surface area contributed by atoms with Gasteiger partial charge in [0.1, 0.15) is 35.6 Å². The summed E-state index contributed by atoms with van der Waals surface area (Å²) < 4.78 is 37.6. The molecule has 4 aromatic rings. The molecule has 4 saturated heterocycles. The standard InChI is InChI=1S/C33H33F2N7O2/c1-18-26-30(28(35)29(37-18)25-11-24(43)10-19-4-2-5-20(13-36)27(19)25)39-32(40-31(26)41-15-22-6-7-23(16-41)38-22)44-17-33-8-3-9-42(33)14-21(34)12-33/h2,4-5,10-11,21-23,38,43H,3,6-9,12,14-17H2,1H3/t21-,22?,23?,33+/m1/s1. The molecular weight excluding hydrogens is 564 g/mol. The van der Waals surface area contributed by atoms with Crippen molar-refractivity contribution in [3.05, 3.63) is 47.4 Å². The largest absolute Gasteiger partial charge is 0.508 e. The van der Waals surface area contributed by atoms with Gasteiger partial charge in [-0.2, -0.15) is 15.2 Å². The number of benzene rings is 2. The van der Waals surface area contributed by atoms with Crippen LogP contribution < -0.4 is 15.0 Å². The van der Waals surface area contributed by atoms with Crippen LogP contribution in [0, 0.1) is 24.1 Å². The smallest absolute Gasteiger partial charge is 0.319 e. The molecule has 4 fully saturated rings. The molecule has 2 aromatic carbocycles. The quantitative estimate of drug-likeness (QED) is 0.336. The fourth-order valence-electron chi connectivity index (χ4n) is 8.09. The number of hydrogen-bond donors (Lipinski definition) is 2. The number of rotatable bonds is 5. The fourth-order valence-corrected chi connectivity index (χ4v) is 8.09. The second-order valence-electron chi connectivity index (χ2n) is 12.8. The highest BCUT2D eigenvalue weighted by Gasteiger charge is 2.49. The number of halogens is 2. The summed E-state index contributed by atoms with van der Waals surface area (Å²) in [5, 5.41) is 25.7. The molecule has 0 radical (unpaired) electrons. The first kappa shape index (κ1) is 27.4. The molecule has 2 aromatic heterocycles. The lowest BCUT2D eigenvalue weighted by molar-refractivity contribution is 0.107. The lowest BCUT2D eigenvalue weighted by Gasteiger charge is -2.35. The van der Waals surface area contributed by atoms with Crippen LogP contribution in [-0.4, -0.2) is 81.5 Å². The van der Waals surface area contributed by atoms with Gasteiger partial charge in [-0.15, -0.1) is 0 Å². The van der Waals surface area contributed by atoms with Gasteiger partial charge in [0.25, 0.3) is 0 Å². The third-order valence-corrected chi connectivity index (χ3v) is 10.0. The van der Waals surface area contributed by atoms with Gasteiger partial charge in [-0.3, -0.25) is 4.90 Å². The van der Waals surface area contributed by atoms with Gasteiger partial charge in [-0.1, -0.05) is 12.1 Å². The number of nitriles is 1. The Balaban J connectivity index is 1.30. The SMILES string of the molecule is Cc1nc(-c2cc(O)cc3cccc(C#N)c23)c(F)c2nc(OC[C@@]34CCCN3C[C@H](F)C4)nc(N3CC4CCC(C3)N4)c12. The number of nitrogens with zero attached hydrogens (tertiary/aromatic N) is 6. The van der Waals surface area contributed by atoms with Crippen LogP contribution in [0.15, 0.2) is 30.3 Å². The molecule has 2 unspecified atom stereocenters. The summed E-state index contributed by atoms with van der Waals surface area (Å²) in [5.74, 6) is -0.163. The third kappa shape index (κ3) is 4.34. The van der Waals surface area contributed by atoms with Crippen molar-refractivity contribution in [1.29, 1.82) is 5.26 Å². The molecule has 9 nitrogen and oxygen atoms in total. The average molecular weight is 598 g/mol. The van der Waals surface area contributed by atoms with Crippen LogP contribution >= 0.6 is 0 Å². The molecule has 0 spiro atoms. The number of ether oxygens (including phenoxy) is 1. The number of nitrogens with one attached hydrogen (secondary N) is 1. The summed E-state index contributed by atoms with van der Waals surface area (Å²) >= 11 is 0. The molecular formula is C33H33F2N7O2. The highest BCUT2D eigenvalue weighted by molar-refractivity contribution is 6.03. The van der Waals surface area contributed by atoms with Crippen molar-refractivity contribution in [3.8, 4) is 29.1 Å². The van der Waals surface area contributed by atoms with E-state index >= 15 is 4.39 Å². The Morgan fingerprint density at radius 1 is 1.14 bits per heavy atom. The number of piperazine rings is 1. The van der Waals surface area contributed by atoms with E-state index in [4.69, 9.17) is 14.7 Å². The lowest BCUT2D eigenvalue weighted by atomic mass is 9.95. The number of alkyl halides is 1. The van der Waals surface area contributed by atoms with Gasteiger partial charge in [0.05, 0.1) is 28.3 Å². The molecule has 2 bridgehead atoms. The molecule has 4 aliphatic heterocycles. The van der Waals surface area contributed by atoms with E-state index in [-0.39, 0.29) is 29.6 Å². The monoisotopic (exact) mass is 597 g/mol. The van der Waals surface area contributed by atoms with Gasteiger partial charge in [0, 0.05) is 49.1 Å². The Labute approximate surface area is 253 Å². The number of phenols is 1. The number of aryl methyl sites for hydroxylation is 1. The zero-order valence-corrected chi connectivity index (χ0v) is 24.5. The van der Waals surface area contributed by atoms with Crippen LogP contribution in [0.5, 0.6) is 11.8 Å². The van der Waals surface area contributed by atoms with Crippen molar-refractivity contribution >= 4 is 27.5 Å². The Morgan fingerprint density at radius 2 is 1.95 bits per heavy atom. The van der Waals surface area contributed by atoms with Gasteiger partial charge < -0.3 is 20.1 Å². The van der Waals surface area contributed by atoms with E-state index in [9.17, 15) is 14.8 Å². The Morgan fingerprint density at radius 3 is 2.75 bits per heavy atom. The highest BCUT2D eigenvalue weighted by atomic mass is 19.1. The lowest BCUT2D eigenvalue weighted by Crippen LogP contribution is -2.51. The van der Waals surface area contributed by atoms with Crippen molar-refractivity contribution in [1.82, 2.24) is 25.2 Å². The molecule has 8 rings (SSSR count).